The predicted molar refractivity (Wildman–Crippen MR) is 143 cm³/mol. The molecule has 10 heteroatoms. The van der Waals surface area contributed by atoms with Crippen molar-refractivity contribution in [2.75, 3.05) is 26.2 Å². The summed E-state index contributed by atoms with van der Waals surface area (Å²) in [6, 6.07) is 25.2. The van der Waals surface area contributed by atoms with E-state index in [4.69, 9.17) is 9.84 Å². The number of nitrogens with zero attached hydrogens (tertiary/aromatic N) is 1. The highest BCUT2D eigenvalue weighted by Crippen LogP contribution is 2.44. The number of hydrogen-bond acceptors (Lipinski definition) is 5. The Hall–Kier alpha value is -4.31. The molecule has 208 valence electrons. The minimum absolute atomic E-state index is 0.0162. The number of carbonyl (C=O) groups is 3. The zero-order valence-corrected chi connectivity index (χ0v) is 21.6. The van der Waals surface area contributed by atoms with Crippen LogP contribution < -0.4 is 10.6 Å². The first kappa shape index (κ1) is 27.3. The average molecular weight is 550 g/mol. The highest BCUT2D eigenvalue weighted by molar-refractivity contribution is 5.91. The number of likely N-dealkylation sites (tertiary alicyclic amines) is 1. The second-order valence-corrected chi connectivity index (χ2v) is 10.2. The van der Waals surface area contributed by atoms with E-state index in [0.29, 0.717) is 13.1 Å². The lowest BCUT2D eigenvalue weighted by atomic mass is 9.97. The highest BCUT2D eigenvalue weighted by atomic mass is 19.3. The lowest BCUT2D eigenvalue weighted by Crippen LogP contribution is -2.61. The summed E-state index contributed by atoms with van der Waals surface area (Å²) in [7, 11) is 0. The molecule has 8 nitrogen and oxygen atoms in total. The van der Waals surface area contributed by atoms with Crippen molar-refractivity contribution in [3.05, 3.63) is 95.6 Å². The molecule has 1 heterocycles. The number of aliphatic carboxylic acids is 1. The molecule has 0 radical (unpaired) electrons. The largest absolute Gasteiger partial charge is 0.477 e. The van der Waals surface area contributed by atoms with Crippen LogP contribution in [0, 0.1) is 0 Å². The van der Waals surface area contributed by atoms with Gasteiger partial charge in [0.1, 0.15) is 12.1 Å². The van der Waals surface area contributed by atoms with Gasteiger partial charge in [-0.1, -0.05) is 78.9 Å². The minimum Gasteiger partial charge on any atom is -0.477 e. The summed E-state index contributed by atoms with van der Waals surface area (Å²) in [5.41, 5.74) is 3.58. The molecule has 3 aromatic carbocycles. The molecule has 2 amide bonds. The van der Waals surface area contributed by atoms with Gasteiger partial charge in [-0.25, -0.2) is 9.59 Å². The van der Waals surface area contributed by atoms with E-state index < -0.39 is 36.0 Å². The van der Waals surface area contributed by atoms with E-state index in [1.165, 1.54) is 0 Å². The van der Waals surface area contributed by atoms with E-state index in [2.05, 4.69) is 5.32 Å². The molecule has 5 rings (SSSR count). The number of halogens is 2. The first-order valence-corrected chi connectivity index (χ1v) is 13.0. The molecular weight excluding hydrogens is 520 g/mol. The Bertz CT molecular complexity index is 1370. The van der Waals surface area contributed by atoms with Gasteiger partial charge in [0, 0.05) is 25.6 Å². The Balaban J connectivity index is 1.30. The summed E-state index contributed by atoms with van der Waals surface area (Å²) in [5.74, 6) is -7.58. The van der Waals surface area contributed by atoms with Crippen molar-refractivity contribution in [3.8, 4) is 11.1 Å². The molecule has 1 unspecified atom stereocenters. The van der Waals surface area contributed by atoms with Crippen LogP contribution in [0.4, 0.5) is 13.6 Å². The molecule has 1 fully saturated rings. The van der Waals surface area contributed by atoms with Gasteiger partial charge in [0.05, 0.1) is 6.54 Å². The van der Waals surface area contributed by atoms with Crippen molar-refractivity contribution in [2.24, 2.45) is 0 Å². The minimum atomic E-state index is -4.15. The van der Waals surface area contributed by atoms with E-state index in [9.17, 15) is 23.2 Å². The number of nitrogens with one attached hydrogen (secondary N) is 2. The lowest BCUT2D eigenvalue weighted by molar-refractivity contribution is -0.164. The Kier molecular flexibility index (Phi) is 7.53. The first-order chi connectivity index (χ1) is 19.2. The van der Waals surface area contributed by atoms with Crippen LogP contribution in [0.25, 0.3) is 11.1 Å². The SMILES string of the molecule is O=C(NC1(C(=O)NCC(F)(F)C(=O)O)CCN(Cc2ccccc2)C1)OCC1c2ccccc2-c2ccccc21. The number of hydrogen-bond donors (Lipinski definition) is 3. The Morgan fingerprint density at radius 3 is 2.17 bits per heavy atom. The molecule has 0 saturated carbocycles. The molecule has 3 N–H and O–H groups in total. The summed E-state index contributed by atoms with van der Waals surface area (Å²) in [5, 5.41) is 13.4. The van der Waals surface area contributed by atoms with Crippen LogP contribution in [0.5, 0.6) is 0 Å². The van der Waals surface area contributed by atoms with Gasteiger partial charge in [0.15, 0.2) is 0 Å². The number of amides is 2. The third kappa shape index (κ3) is 5.53. The number of carboxylic acids is 1. The molecule has 0 bridgehead atoms. The summed E-state index contributed by atoms with van der Waals surface area (Å²) in [4.78, 5) is 39.1. The van der Waals surface area contributed by atoms with Gasteiger partial charge in [0.25, 0.3) is 0 Å². The Labute approximate surface area is 229 Å². The summed E-state index contributed by atoms with van der Waals surface area (Å²) in [6.45, 7) is -0.457. The van der Waals surface area contributed by atoms with E-state index in [0.717, 1.165) is 27.8 Å². The van der Waals surface area contributed by atoms with Gasteiger partial charge >= 0.3 is 18.0 Å². The summed E-state index contributed by atoms with van der Waals surface area (Å²) < 4.78 is 33.1. The number of rotatable bonds is 9. The number of carbonyl (C=O) groups excluding carboxylic acids is 2. The van der Waals surface area contributed by atoms with Gasteiger partial charge in [-0.3, -0.25) is 9.69 Å². The fraction of sp³-hybridized carbons (Fsp3) is 0.300. The van der Waals surface area contributed by atoms with Crippen molar-refractivity contribution in [2.45, 2.75) is 30.3 Å². The molecule has 1 aliphatic heterocycles. The van der Waals surface area contributed by atoms with E-state index in [1.54, 1.807) is 0 Å². The molecule has 40 heavy (non-hydrogen) atoms. The van der Waals surface area contributed by atoms with Crippen molar-refractivity contribution < 1.29 is 33.0 Å². The van der Waals surface area contributed by atoms with Crippen LogP contribution in [0.15, 0.2) is 78.9 Å². The van der Waals surface area contributed by atoms with Crippen molar-refractivity contribution in [1.82, 2.24) is 15.5 Å². The standard InChI is InChI=1S/C30H29F2N3O5/c31-30(32,27(37)38)18-33-26(36)29(14-15-35(19-29)16-20-8-2-1-3-9-20)34-28(39)40-17-25-23-12-6-4-10-21(23)22-11-5-7-13-24(22)25/h1-13,25H,14-19H2,(H,33,36)(H,34,39)(H,37,38). The van der Waals surface area contributed by atoms with E-state index in [-0.39, 0.29) is 25.5 Å². The summed E-state index contributed by atoms with van der Waals surface area (Å²) >= 11 is 0. The summed E-state index contributed by atoms with van der Waals surface area (Å²) in [6.07, 6.45) is -0.724. The van der Waals surface area contributed by atoms with Gasteiger partial charge in [-0.2, -0.15) is 8.78 Å². The monoisotopic (exact) mass is 549 g/mol. The number of fused-ring (bicyclic) bond motifs is 3. The topological polar surface area (TPSA) is 108 Å². The van der Waals surface area contributed by atoms with Crippen molar-refractivity contribution in [1.29, 1.82) is 0 Å². The molecule has 1 saturated heterocycles. The molecule has 0 aromatic heterocycles. The molecule has 1 atom stereocenters. The van der Waals surface area contributed by atoms with Crippen LogP contribution in [0.2, 0.25) is 0 Å². The van der Waals surface area contributed by atoms with Crippen LogP contribution in [0.3, 0.4) is 0 Å². The molecule has 3 aromatic rings. The third-order valence-electron chi connectivity index (χ3n) is 7.50. The molecule has 2 aliphatic rings. The van der Waals surface area contributed by atoms with Crippen molar-refractivity contribution >= 4 is 18.0 Å². The zero-order valence-electron chi connectivity index (χ0n) is 21.6. The quantitative estimate of drug-likeness (QED) is 0.373. The van der Waals surface area contributed by atoms with Gasteiger partial charge in [-0.05, 0) is 34.2 Å². The maximum atomic E-state index is 13.7. The maximum Gasteiger partial charge on any atom is 0.408 e. The number of alkyl carbamates (subject to hydrolysis) is 1. The number of benzene rings is 3. The van der Waals surface area contributed by atoms with E-state index >= 15 is 0 Å². The van der Waals surface area contributed by atoms with Gasteiger partial charge in [0.2, 0.25) is 5.91 Å². The number of carboxylic acid groups (broad SMARTS) is 1. The zero-order chi connectivity index (χ0) is 28.3. The van der Waals surface area contributed by atoms with E-state index in [1.807, 2.05) is 89.1 Å². The smallest absolute Gasteiger partial charge is 0.408 e. The van der Waals surface area contributed by atoms with Gasteiger partial charge < -0.3 is 20.5 Å². The normalized spacial score (nSPS) is 18.6. The lowest BCUT2D eigenvalue weighted by Gasteiger charge is -2.30. The second kappa shape index (κ2) is 11.1. The number of alkyl halides is 2. The van der Waals surface area contributed by atoms with Crippen LogP contribution in [-0.2, 0) is 20.9 Å². The molecular formula is C30H29F2N3O5. The average Bonchev–Trinajstić information content (AvgIpc) is 3.50. The van der Waals surface area contributed by atoms with Gasteiger partial charge in [-0.15, -0.1) is 0 Å². The number of ether oxygens (including phenoxy) is 1. The highest BCUT2D eigenvalue weighted by Gasteiger charge is 2.48. The fourth-order valence-corrected chi connectivity index (χ4v) is 5.48. The predicted octanol–water partition coefficient (Wildman–Crippen LogP) is 4.01. The first-order valence-electron chi connectivity index (χ1n) is 13.0. The van der Waals surface area contributed by atoms with Crippen LogP contribution in [-0.4, -0.2) is 65.7 Å². The van der Waals surface area contributed by atoms with Crippen molar-refractivity contribution in [3.63, 3.8) is 0 Å². The van der Waals surface area contributed by atoms with Crippen LogP contribution >= 0.6 is 0 Å². The Morgan fingerprint density at radius 2 is 1.55 bits per heavy atom. The third-order valence-corrected chi connectivity index (χ3v) is 7.50. The van der Waals surface area contributed by atoms with Crippen LogP contribution in [0.1, 0.15) is 29.0 Å². The second-order valence-electron chi connectivity index (χ2n) is 10.2. The maximum absolute atomic E-state index is 13.7. The fourth-order valence-electron chi connectivity index (χ4n) is 5.48. The Morgan fingerprint density at radius 1 is 0.950 bits per heavy atom. The molecule has 0 spiro atoms. The molecule has 1 aliphatic carbocycles.